The van der Waals surface area contributed by atoms with Crippen molar-refractivity contribution in [1.82, 2.24) is 0 Å². The maximum Gasteiger partial charge on any atom is 2.00 e. The van der Waals surface area contributed by atoms with Gasteiger partial charge in [0.05, 0.1) is 6.61 Å². The first-order valence-corrected chi connectivity index (χ1v) is 8.58. The minimum absolute atomic E-state index is 0. The van der Waals surface area contributed by atoms with E-state index in [1.165, 1.54) is 57.8 Å². The van der Waals surface area contributed by atoms with Crippen molar-refractivity contribution in [2.24, 2.45) is 0 Å². The third-order valence-corrected chi connectivity index (χ3v) is 2.62. The Bertz CT molecular complexity index is 73.9. The molecule has 0 atom stereocenters. The molecule has 0 aromatic rings. The largest absolute Gasteiger partial charge is 2.00 e. The Hall–Kier alpha value is 1.93. The predicted molar refractivity (Wildman–Crippen MR) is 102 cm³/mol. The molecule has 0 unspecified atom stereocenters. The molecule has 0 bridgehead atoms. The normalized spacial score (nSPS) is 12.8. The van der Waals surface area contributed by atoms with Gasteiger partial charge in [0.1, 0.15) is 0 Å². The third kappa shape index (κ3) is 57.5. The third-order valence-electron chi connectivity index (χ3n) is 2.42. The summed E-state index contributed by atoms with van der Waals surface area (Å²) < 4.78 is 0. The molecule has 2 aliphatic rings. The molecule has 0 aliphatic heterocycles. The second kappa shape index (κ2) is 56.8. The molecule has 2 fully saturated rings. The first-order valence-electron chi connectivity index (χ1n) is 7.95. The van der Waals surface area contributed by atoms with E-state index in [1.807, 2.05) is 27.7 Å². The van der Waals surface area contributed by atoms with Crippen molar-refractivity contribution in [2.45, 2.75) is 85.5 Å². The Kier molecular flexibility index (Phi) is 113. The fourth-order valence-corrected chi connectivity index (χ4v) is 1.61. The average Bonchev–Trinajstić information content (AvgIpc) is 3.19. The molecule has 1 radical (unpaired) electrons. The maximum absolute atomic E-state index is 7.80. The van der Waals surface area contributed by atoms with E-state index < -0.39 is 0 Å². The quantitative estimate of drug-likeness (QED) is 0.262. The SMILES string of the molecule is C1CCCC1.CC.CC.OCCS.[CH-]1CCCC1.[CH3-].[CH3-].[Fe+2].[Y]. The van der Waals surface area contributed by atoms with Gasteiger partial charge in [-0.2, -0.15) is 25.5 Å². The monoisotopic (exact) mass is 452 g/mol. The van der Waals surface area contributed by atoms with Crippen molar-refractivity contribution >= 4 is 12.6 Å². The van der Waals surface area contributed by atoms with Crippen LogP contribution in [0.25, 0.3) is 0 Å². The van der Waals surface area contributed by atoms with Gasteiger partial charge in [-0.05, 0) is 0 Å². The Labute approximate surface area is 185 Å². The summed E-state index contributed by atoms with van der Waals surface area (Å²) in [4.78, 5) is 0. The smallest absolute Gasteiger partial charge is 0.396 e. The van der Waals surface area contributed by atoms with Gasteiger partial charge in [0.25, 0.3) is 0 Å². The number of rotatable bonds is 1. The number of hydrogen-bond donors (Lipinski definition) is 2. The van der Waals surface area contributed by atoms with Gasteiger partial charge in [-0.3, -0.25) is 0 Å². The van der Waals surface area contributed by atoms with E-state index in [0.29, 0.717) is 5.75 Å². The Morgan fingerprint density at radius 1 is 0.773 bits per heavy atom. The van der Waals surface area contributed by atoms with Crippen LogP contribution in [0.15, 0.2) is 0 Å². The topological polar surface area (TPSA) is 20.2 Å². The van der Waals surface area contributed by atoms with Crippen LogP contribution in [0.1, 0.15) is 85.5 Å². The summed E-state index contributed by atoms with van der Waals surface area (Å²) in [5.41, 5.74) is 0. The van der Waals surface area contributed by atoms with Crippen LogP contribution < -0.4 is 0 Å². The van der Waals surface area contributed by atoms with Gasteiger partial charge in [-0.1, -0.05) is 72.6 Å². The summed E-state index contributed by atoms with van der Waals surface area (Å²) >= 11 is 3.67. The number of aliphatic hydroxyl groups excluding tert-OH is 1. The molecule has 0 saturated heterocycles. The Morgan fingerprint density at radius 3 is 1.09 bits per heavy atom. The molecular weight excluding hydrogens is 409 g/mol. The summed E-state index contributed by atoms with van der Waals surface area (Å²) in [6.07, 6.45) is 15.5. The number of hydrogen-bond acceptors (Lipinski definition) is 2. The fourth-order valence-electron chi connectivity index (χ4n) is 1.61. The fraction of sp³-hybridized carbons (Fsp3) is 0.833. The molecule has 1 nitrogen and oxygen atoms in total. The molecule has 1 N–H and O–H groups in total. The minimum Gasteiger partial charge on any atom is -0.396 e. The first kappa shape index (κ1) is 43.9. The summed E-state index contributed by atoms with van der Waals surface area (Å²) in [7, 11) is 0. The van der Waals surface area contributed by atoms with E-state index in [9.17, 15) is 0 Å². The predicted octanol–water partition coefficient (Wildman–Crippen LogP) is 6.57. The van der Waals surface area contributed by atoms with Crippen LogP contribution in [-0.2, 0) is 49.8 Å². The van der Waals surface area contributed by atoms with E-state index in [1.54, 1.807) is 0 Å². The summed E-state index contributed by atoms with van der Waals surface area (Å²) in [6.45, 7) is 8.18. The van der Waals surface area contributed by atoms with Gasteiger partial charge >= 0.3 is 17.1 Å². The van der Waals surface area contributed by atoms with Crippen molar-refractivity contribution in [3.63, 3.8) is 0 Å². The zero-order valence-corrected chi connectivity index (χ0v) is 21.0. The van der Waals surface area contributed by atoms with Crippen LogP contribution in [0.4, 0.5) is 0 Å². The van der Waals surface area contributed by atoms with Crippen LogP contribution in [0.3, 0.4) is 0 Å². The molecule has 0 aromatic heterocycles. The van der Waals surface area contributed by atoms with Gasteiger partial charge in [0.15, 0.2) is 0 Å². The van der Waals surface area contributed by atoms with Gasteiger partial charge in [-0.15, -0.1) is 0 Å². The van der Waals surface area contributed by atoms with E-state index in [4.69, 9.17) is 5.11 Å². The molecular formula is C18H43FeOSY-. The zero-order chi connectivity index (χ0) is 14.5. The summed E-state index contributed by atoms with van der Waals surface area (Å²) in [5.74, 6) is 0.569. The summed E-state index contributed by atoms with van der Waals surface area (Å²) in [6, 6.07) is 0. The van der Waals surface area contributed by atoms with E-state index in [2.05, 4.69) is 19.0 Å². The van der Waals surface area contributed by atoms with E-state index in [-0.39, 0.29) is 71.2 Å². The zero-order valence-electron chi connectivity index (χ0n) is 16.2. The second-order valence-corrected chi connectivity index (χ2v) is 4.24. The Balaban J connectivity index is -0.0000000256. The second-order valence-electron chi connectivity index (χ2n) is 3.79. The minimum atomic E-state index is 0. The van der Waals surface area contributed by atoms with E-state index >= 15 is 0 Å². The van der Waals surface area contributed by atoms with Crippen molar-refractivity contribution < 1.29 is 54.9 Å². The maximum atomic E-state index is 7.80. The molecule has 2 rings (SSSR count). The van der Waals surface area contributed by atoms with Crippen LogP contribution in [0, 0.1) is 21.3 Å². The summed E-state index contributed by atoms with van der Waals surface area (Å²) in [5, 5.41) is 7.80. The molecule has 0 heterocycles. The van der Waals surface area contributed by atoms with Gasteiger partial charge in [-0.25, -0.2) is 0 Å². The van der Waals surface area contributed by atoms with Crippen LogP contribution in [-0.4, -0.2) is 17.5 Å². The molecule has 0 spiro atoms. The van der Waals surface area contributed by atoms with Crippen LogP contribution in [0.2, 0.25) is 0 Å². The molecule has 22 heavy (non-hydrogen) atoms. The molecule has 139 valence electrons. The van der Waals surface area contributed by atoms with Gasteiger partial charge in [0, 0.05) is 38.5 Å². The van der Waals surface area contributed by atoms with Crippen molar-refractivity contribution in [3.8, 4) is 0 Å². The molecule has 0 aromatic carbocycles. The van der Waals surface area contributed by atoms with Crippen molar-refractivity contribution in [2.75, 3.05) is 12.4 Å². The molecule has 0 amide bonds. The Morgan fingerprint density at radius 2 is 1.00 bits per heavy atom. The van der Waals surface area contributed by atoms with Crippen LogP contribution in [0.5, 0.6) is 0 Å². The first-order chi connectivity index (χ1) is 8.91. The van der Waals surface area contributed by atoms with Gasteiger partial charge in [0.2, 0.25) is 0 Å². The molecule has 2 saturated carbocycles. The van der Waals surface area contributed by atoms with Crippen LogP contribution >= 0.6 is 12.6 Å². The average molecular weight is 452 g/mol. The number of thiol groups is 1. The van der Waals surface area contributed by atoms with Gasteiger partial charge < -0.3 is 26.4 Å². The molecule has 4 heteroatoms. The van der Waals surface area contributed by atoms with Crippen molar-refractivity contribution in [3.05, 3.63) is 21.3 Å². The number of aliphatic hydroxyl groups is 1. The standard InChI is InChI=1S/C5H10.C5H9.C2H6OS.2C2H6.2CH3.Fe.Y/c2*1-2-4-5-3-1;3-1-2-4;2*1-2;;;;/h1-5H2;1H,2-5H2;3-4H,1-2H2;2*1-2H3;2*1H3;;/q;-1;;;;2*-1;+2;. The van der Waals surface area contributed by atoms with E-state index in [0.717, 1.165) is 0 Å². The van der Waals surface area contributed by atoms with Crippen molar-refractivity contribution in [1.29, 1.82) is 0 Å². The molecule has 2 aliphatic carbocycles.